The van der Waals surface area contributed by atoms with Crippen LogP contribution in [0, 0.1) is 12.8 Å². The van der Waals surface area contributed by atoms with E-state index in [4.69, 9.17) is 9.15 Å². The third-order valence-corrected chi connectivity index (χ3v) is 5.14. The fourth-order valence-corrected chi connectivity index (χ4v) is 3.46. The fraction of sp³-hybridized carbons (Fsp3) is 0.476. The van der Waals surface area contributed by atoms with Gasteiger partial charge in [0.05, 0.1) is 18.4 Å². The molecule has 0 atom stereocenters. The Hall–Kier alpha value is -2.83. The second kappa shape index (κ2) is 8.91. The lowest BCUT2D eigenvalue weighted by Gasteiger charge is -2.32. The summed E-state index contributed by atoms with van der Waals surface area (Å²) in [6.07, 6.45) is 2.35. The average molecular weight is 385 g/mol. The molecular formula is C21H27N3O4. The van der Waals surface area contributed by atoms with E-state index in [1.165, 1.54) is 0 Å². The molecule has 1 saturated heterocycles. The van der Waals surface area contributed by atoms with Crippen LogP contribution in [0.15, 0.2) is 28.7 Å². The zero-order chi connectivity index (χ0) is 20.1. The molecule has 0 bridgehead atoms. The number of likely N-dealkylation sites (tertiary alicyclic amines) is 1. The fourth-order valence-electron chi connectivity index (χ4n) is 3.46. The zero-order valence-electron chi connectivity index (χ0n) is 16.7. The molecule has 0 aliphatic carbocycles. The minimum Gasteiger partial charge on any atom is -0.496 e. The summed E-state index contributed by atoms with van der Waals surface area (Å²) in [6, 6.07) is 7.28. The molecule has 0 radical (unpaired) electrons. The standard InChI is InChI=1S/C21H27N3O4/c1-4-18-23-14(2)19(28-18)20(25)22-13-15-9-11-24(12-10-15)21(26)16-7-5-6-8-17(16)27-3/h5-8,15H,4,9-13H2,1-3H3,(H,22,25). The van der Waals surface area contributed by atoms with Crippen molar-refractivity contribution in [2.75, 3.05) is 26.7 Å². The smallest absolute Gasteiger partial charge is 0.289 e. The second-order valence-electron chi connectivity index (χ2n) is 7.02. The van der Waals surface area contributed by atoms with Crippen molar-refractivity contribution in [3.63, 3.8) is 0 Å². The average Bonchev–Trinajstić information content (AvgIpc) is 3.12. The van der Waals surface area contributed by atoms with Gasteiger partial charge in [-0.15, -0.1) is 0 Å². The van der Waals surface area contributed by atoms with Gasteiger partial charge in [-0.2, -0.15) is 0 Å². The van der Waals surface area contributed by atoms with Crippen molar-refractivity contribution >= 4 is 11.8 Å². The number of aromatic nitrogens is 1. The lowest BCUT2D eigenvalue weighted by Crippen LogP contribution is -2.41. The van der Waals surface area contributed by atoms with Crippen molar-refractivity contribution < 1.29 is 18.7 Å². The van der Waals surface area contributed by atoms with E-state index < -0.39 is 0 Å². The van der Waals surface area contributed by atoms with Gasteiger partial charge in [-0.1, -0.05) is 19.1 Å². The number of piperidine rings is 1. The number of para-hydroxylation sites is 1. The van der Waals surface area contributed by atoms with Crippen LogP contribution in [0.5, 0.6) is 5.75 Å². The van der Waals surface area contributed by atoms with Gasteiger partial charge < -0.3 is 19.4 Å². The van der Waals surface area contributed by atoms with E-state index in [2.05, 4.69) is 10.3 Å². The quantitative estimate of drug-likeness (QED) is 0.827. The summed E-state index contributed by atoms with van der Waals surface area (Å²) in [5.41, 5.74) is 1.20. The first kappa shape index (κ1) is 19.9. The largest absolute Gasteiger partial charge is 0.496 e. The van der Waals surface area contributed by atoms with Crippen molar-refractivity contribution in [1.29, 1.82) is 0 Å². The highest BCUT2D eigenvalue weighted by Crippen LogP contribution is 2.23. The van der Waals surface area contributed by atoms with Crippen LogP contribution in [0.25, 0.3) is 0 Å². The number of benzene rings is 1. The molecule has 1 aromatic heterocycles. The number of amides is 2. The topological polar surface area (TPSA) is 84.7 Å². The number of hydrogen-bond donors (Lipinski definition) is 1. The lowest BCUT2D eigenvalue weighted by atomic mass is 9.96. The van der Waals surface area contributed by atoms with Crippen LogP contribution < -0.4 is 10.1 Å². The highest BCUT2D eigenvalue weighted by atomic mass is 16.5. The number of oxazole rings is 1. The van der Waals surface area contributed by atoms with E-state index in [9.17, 15) is 9.59 Å². The molecular weight excluding hydrogens is 358 g/mol. The predicted molar refractivity (Wildman–Crippen MR) is 105 cm³/mol. The molecule has 2 amide bonds. The van der Waals surface area contributed by atoms with Gasteiger partial charge in [-0.25, -0.2) is 4.98 Å². The van der Waals surface area contributed by atoms with Gasteiger partial charge in [-0.05, 0) is 37.8 Å². The van der Waals surface area contributed by atoms with E-state index in [0.29, 0.717) is 60.6 Å². The number of ether oxygens (including phenoxy) is 1. The number of hydrogen-bond acceptors (Lipinski definition) is 5. The van der Waals surface area contributed by atoms with Crippen LogP contribution in [0.2, 0.25) is 0 Å². The Morgan fingerprint density at radius 1 is 1.29 bits per heavy atom. The van der Waals surface area contributed by atoms with Crippen LogP contribution in [0.3, 0.4) is 0 Å². The first-order valence-electron chi connectivity index (χ1n) is 9.70. The van der Waals surface area contributed by atoms with Gasteiger partial charge in [0.25, 0.3) is 11.8 Å². The monoisotopic (exact) mass is 385 g/mol. The molecule has 0 unspecified atom stereocenters. The number of aryl methyl sites for hydroxylation is 2. The summed E-state index contributed by atoms with van der Waals surface area (Å²) in [5.74, 6) is 1.56. The van der Waals surface area contributed by atoms with Crippen molar-refractivity contribution in [1.82, 2.24) is 15.2 Å². The number of carbonyl (C=O) groups is 2. The van der Waals surface area contributed by atoms with Gasteiger partial charge in [-0.3, -0.25) is 9.59 Å². The molecule has 150 valence electrons. The molecule has 1 aliphatic heterocycles. The third-order valence-electron chi connectivity index (χ3n) is 5.14. The Morgan fingerprint density at radius 3 is 2.64 bits per heavy atom. The first-order chi connectivity index (χ1) is 13.5. The lowest BCUT2D eigenvalue weighted by molar-refractivity contribution is 0.0680. The number of carbonyl (C=O) groups excluding carboxylic acids is 2. The first-order valence-corrected chi connectivity index (χ1v) is 9.70. The normalized spacial score (nSPS) is 14.8. The molecule has 0 spiro atoms. The maximum atomic E-state index is 12.8. The van der Waals surface area contributed by atoms with E-state index in [-0.39, 0.29) is 11.8 Å². The van der Waals surface area contributed by atoms with E-state index in [1.54, 1.807) is 26.2 Å². The van der Waals surface area contributed by atoms with Crippen molar-refractivity contribution in [3.05, 3.63) is 47.2 Å². The van der Waals surface area contributed by atoms with E-state index >= 15 is 0 Å². The Kier molecular flexibility index (Phi) is 6.34. The number of nitrogens with zero attached hydrogens (tertiary/aromatic N) is 2. The third kappa shape index (κ3) is 4.35. The van der Waals surface area contributed by atoms with E-state index in [1.807, 2.05) is 24.0 Å². The summed E-state index contributed by atoms with van der Waals surface area (Å²) in [5, 5.41) is 2.94. The summed E-state index contributed by atoms with van der Waals surface area (Å²) in [7, 11) is 1.57. The van der Waals surface area contributed by atoms with Crippen LogP contribution in [0.1, 0.15) is 52.3 Å². The molecule has 7 heteroatoms. The van der Waals surface area contributed by atoms with Crippen LogP contribution in [0.4, 0.5) is 0 Å². The molecule has 1 fully saturated rings. The summed E-state index contributed by atoms with van der Waals surface area (Å²) >= 11 is 0. The Balaban J connectivity index is 1.51. The summed E-state index contributed by atoms with van der Waals surface area (Å²) < 4.78 is 10.8. The van der Waals surface area contributed by atoms with Gasteiger partial charge in [0.15, 0.2) is 5.89 Å². The number of methoxy groups -OCH3 is 1. The minimum atomic E-state index is -0.225. The molecule has 3 rings (SSSR count). The van der Waals surface area contributed by atoms with Gasteiger partial charge in [0.1, 0.15) is 5.75 Å². The van der Waals surface area contributed by atoms with Gasteiger partial charge in [0, 0.05) is 26.1 Å². The molecule has 28 heavy (non-hydrogen) atoms. The molecule has 1 N–H and O–H groups in total. The Labute approximate surface area is 165 Å². The summed E-state index contributed by atoms with van der Waals surface area (Å²) in [4.78, 5) is 31.2. The highest BCUT2D eigenvalue weighted by Gasteiger charge is 2.26. The highest BCUT2D eigenvalue weighted by molar-refractivity contribution is 5.97. The minimum absolute atomic E-state index is 0.00989. The van der Waals surface area contributed by atoms with Crippen LogP contribution in [-0.2, 0) is 6.42 Å². The summed E-state index contributed by atoms with van der Waals surface area (Å²) in [6.45, 7) is 5.61. The number of nitrogens with one attached hydrogen (secondary N) is 1. The van der Waals surface area contributed by atoms with Crippen molar-refractivity contribution in [3.8, 4) is 5.75 Å². The maximum Gasteiger partial charge on any atom is 0.289 e. The molecule has 1 aliphatic rings. The zero-order valence-corrected chi connectivity index (χ0v) is 16.7. The molecule has 1 aromatic carbocycles. The van der Waals surface area contributed by atoms with Gasteiger partial charge in [0.2, 0.25) is 5.76 Å². The number of rotatable bonds is 6. The maximum absolute atomic E-state index is 12.8. The SMILES string of the molecule is CCc1nc(C)c(C(=O)NCC2CCN(C(=O)c3ccccc3OC)CC2)o1. The predicted octanol–water partition coefficient (Wildman–Crippen LogP) is 2.84. The molecule has 2 heterocycles. The molecule has 2 aromatic rings. The molecule has 0 saturated carbocycles. The second-order valence-corrected chi connectivity index (χ2v) is 7.02. The molecule has 7 nitrogen and oxygen atoms in total. The Bertz CT molecular complexity index is 838. The Morgan fingerprint density at radius 2 is 2.00 bits per heavy atom. The van der Waals surface area contributed by atoms with Gasteiger partial charge >= 0.3 is 0 Å². The van der Waals surface area contributed by atoms with Crippen molar-refractivity contribution in [2.45, 2.75) is 33.1 Å². The van der Waals surface area contributed by atoms with Crippen LogP contribution in [-0.4, -0.2) is 48.4 Å². The van der Waals surface area contributed by atoms with E-state index in [0.717, 1.165) is 12.8 Å². The van der Waals surface area contributed by atoms with Crippen LogP contribution >= 0.6 is 0 Å². The van der Waals surface area contributed by atoms with Crippen molar-refractivity contribution in [2.24, 2.45) is 5.92 Å².